The molecule has 0 aliphatic heterocycles. The Kier molecular flexibility index (Phi) is 5.41. The second kappa shape index (κ2) is 7.70. The first kappa shape index (κ1) is 16.2. The molecule has 0 bridgehead atoms. The van der Waals surface area contributed by atoms with Crippen LogP contribution in [0.5, 0.6) is 5.75 Å². The van der Waals surface area contributed by atoms with Crippen LogP contribution in [0.3, 0.4) is 0 Å². The molecule has 0 atom stereocenters. The molecule has 0 spiro atoms. The third-order valence-electron chi connectivity index (χ3n) is 2.97. The average Bonchev–Trinajstić information content (AvgIpc) is 2.60. The lowest BCUT2D eigenvalue weighted by molar-refractivity contribution is -0.134. The minimum Gasteiger partial charge on any atom is -0.506 e. The van der Waals surface area contributed by atoms with Gasteiger partial charge in [-0.1, -0.05) is 30.3 Å². The van der Waals surface area contributed by atoms with Crippen LogP contribution in [0, 0.1) is 0 Å². The van der Waals surface area contributed by atoms with E-state index in [2.05, 4.69) is 9.72 Å². The minimum absolute atomic E-state index is 0.0725. The molecule has 0 aliphatic rings. The lowest BCUT2D eigenvalue weighted by Gasteiger charge is -2.00. The topological polar surface area (TPSA) is 76.5 Å². The molecule has 0 unspecified atom stereocenters. The van der Waals surface area contributed by atoms with Gasteiger partial charge in [0.05, 0.1) is 12.8 Å². The van der Waals surface area contributed by atoms with Crippen molar-refractivity contribution < 1.29 is 19.4 Å². The van der Waals surface area contributed by atoms with Crippen LogP contribution in [-0.2, 0) is 9.53 Å². The number of nitrogens with zero attached hydrogens (tertiary/aromatic N) is 1. The van der Waals surface area contributed by atoms with Crippen LogP contribution in [0.25, 0.3) is 12.2 Å². The molecule has 1 N–H and O–H groups in total. The van der Waals surface area contributed by atoms with E-state index in [0.29, 0.717) is 11.3 Å². The van der Waals surface area contributed by atoms with Crippen molar-refractivity contribution in [2.75, 3.05) is 7.11 Å². The molecule has 0 aliphatic carbocycles. The smallest absolute Gasteiger partial charge is 0.330 e. The number of carbonyl (C=O) groups is 2. The summed E-state index contributed by atoms with van der Waals surface area (Å²) in [6, 6.07) is 11.9. The highest BCUT2D eigenvalue weighted by molar-refractivity contribution is 6.06. The van der Waals surface area contributed by atoms with Gasteiger partial charge in [0, 0.05) is 11.6 Å². The fraction of sp³-hybridized carbons (Fsp3) is 0.0556. The molecule has 1 heterocycles. The van der Waals surface area contributed by atoms with Crippen LogP contribution in [0.4, 0.5) is 0 Å². The Morgan fingerprint density at radius 1 is 1.04 bits per heavy atom. The first-order valence-electron chi connectivity index (χ1n) is 6.83. The molecule has 5 nitrogen and oxygen atoms in total. The Bertz CT molecular complexity index is 764. The van der Waals surface area contributed by atoms with Gasteiger partial charge in [-0.05, 0) is 30.4 Å². The van der Waals surface area contributed by atoms with Gasteiger partial charge >= 0.3 is 5.97 Å². The van der Waals surface area contributed by atoms with E-state index in [1.54, 1.807) is 36.4 Å². The summed E-state index contributed by atoms with van der Waals surface area (Å²) < 4.78 is 4.48. The molecule has 0 amide bonds. The molecule has 0 radical (unpaired) electrons. The van der Waals surface area contributed by atoms with E-state index in [4.69, 9.17) is 0 Å². The zero-order valence-corrected chi connectivity index (χ0v) is 12.5. The van der Waals surface area contributed by atoms with Gasteiger partial charge in [0.1, 0.15) is 11.4 Å². The van der Waals surface area contributed by atoms with E-state index >= 15 is 0 Å². The van der Waals surface area contributed by atoms with Gasteiger partial charge in [0.2, 0.25) is 0 Å². The Morgan fingerprint density at radius 2 is 1.78 bits per heavy atom. The van der Waals surface area contributed by atoms with Gasteiger partial charge in [-0.3, -0.25) is 4.79 Å². The number of aromatic nitrogens is 1. The number of carbonyl (C=O) groups excluding carboxylic acids is 2. The van der Waals surface area contributed by atoms with Crippen LogP contribution in [-0.4, -0.2) is 29.0 Å². The lowest BCUT2D eigenvalue weighted by atomic mass is 10.1. The summed E-state index contributed by atoms with van der Waals surface area (Å²) in [6.07, 6.45) is 5.45. The Balaban J connectivity index is 2.17. The summed E-state index contributed by atoms with van der Waals surface area (Å²) >= 11 is 0. The van der Waals surface area contributed by atoms with Crippen molar-refractivity contribution in [3.8, 4) is 5.75 Å². The number of aromatic hydroxyl groups is 1. The standard InChI is InChI=1S/C18H15NO4/c1-23-18(22)12-9-15-17(21)11-8-14(19-15)7-10-16(20)13-5-3-2-4-6-13/h2-12,21H,1H3/b10-7+,12-9+. The summed E-state index contributed by atoms with van der Waals surface area (Å²) in [5, 5.41) is 9.72. The van der Waals surface area contributed by atoms with E-state index in [0.717, 1.165) is 6.08 Å². The second-order valence-corrected chi connectivity index (χ2v) is 4.56. The minimum atomic E-state index is -0.550. The molecule has 116 valence electrons. The number of hydrogen-bond acceptors (Lipinski definition) is 5. The first-order chi connectivity index (χ1) is 11.1. The van der Waals surface area contributed by atoms with Crippen LogP contribution in [0.2, 0.25) is 0 Å². The van der Waals surface area contributed by atoms with Crippen LogP contribution >= 0.6 is 0 Å². The van der Waals surface area contributed by atoms with Crippen molar-refractivity contribution in [1.82, 2.24) is 4.98 Å². The van der Waals surface area contributed by atoms with Crippen molar-refractivity contribution >= 4 is 23.9 Å². The fourth-order valence-corrected chi connectivity index (χ4v) is 1.77. The summed E-state index contributed by atoms with van der Waals surface area (Å²) in [5.41, 5.74) is 1.27. The van der Waals surface area contributed by atoms with Crippen molar-refractivity contribution in [1.29, 1.82) is 0 Å². The molecule has 2 aromatic rings. The van der Waals surface area contributed by atoms with E-state index in [9.17, 15) is 14.7 Å². The highest BCUT2D eigenvalue weighted by atomic mass is 16.5. The lowest BCUT2D eigenvalue weighted by Crippen LogP contribution is -1.95. The van der Waals surface area contributed by atoms with Crippen LogP contribution in [0.1, 0.15) is 21.7 Å². The molecule has 5 heteroatoms. The molecule has 23 heavy (non-hydrogen) atoms. The molecular formula is C18H15NO4. The Labute approximate surface area is 133 Å². The Morgan fingerprint density at radius 3 is 2.48 bits per heavy atom. The quantitative estimate of drug-likeness (QED) is 0.522. The predicted molar refractivity (Wildman–Crippen MR) is 86.8 cm³/mol. The van der Waals surface area contributed by atoms with Gasteiger partial charge < -0.3 is 9.84 Å². The second-order valence-electron chi connectivity index (χ2n) is 4.56. The summed E-state index contributed by atoms with van der Waals surface area (Å²) in [7, 11) is 1.26. The maximum atomic E-state index is 12.0. The van der Waals surface area contributed by atoms with E-state index in [1.807, 2.05) is 6.07 Å². The number of hydrogen-bond donors (Lipinski definition) is 1. The number of rotatable bonds is 5. The first-order valence-corrected chi connectivity index (χ1v) is 6.83. The number of methoxy groups -OCH3 is 1. The van der Waals surface area contributed by atoms with Crippen molar-refractivity contribution in [2.45, 2.75) is 0 Å². The van der Waals surface area contributed by atoms with E-state index in [-0.39, 0.29) is 17.2 Å². The van der Waals surface area contributed by atoms with Gasteiger partial charge in [-0.25, -0.2) is 9.78 Å². The fourth-order valence-electron chi connectivity index (χ4n) is 1.77. The van der Waals surface area contributed by atoms with Gasteiger partial charge in [-0.2, -0.15) is 0 Å². The predicted octanol–water partition coefficient (Wildman–Crippen LogP) is 2.87. The highest BCUT2D eigenvalue weighted by Crippen LogP contribution is 2.17. The number of pyridine rings is 1. The van der Waals surface area contributed by atoms with Gasteiger partial charge in [0.25, 0.3) is 0 Å². The van der Waals surface area contributed by atoms with Crippen LogP contribution < -0.4 is 0 Å². The molecule has 1 aromatic heterocycles. The van der Waals surface area contributed by atoms with E-state index < -0.39 is 5.97 Å². The number of allylic oxidation sites excluding steroid dienone is 1. The van der Waals surface area contributed by atoms with Gasteiger partial charge in [0.15, 0.2) is 5.78 Å². The normalized spacial score (nSPS) is 11.0. The van der Waals surface area contributed by atoms with E-state index in [1.165, 1.54) is 25.3 Å². The molecule has 0 saturated carbocycles. The third kappa shape index (κ3) is 4.64. The summed E-state index contributed by atoms with van der Waals surface area (Å²) in [4.78, 5) is 27.2. The Hall–Kier alpha value is -3.21. The number of benzene rings is 1. The summed E-state index contributed by atoms with van der Waals surface area (Å²) in [5.74, 6) is -0.768. The SMILES string of the molecule is COC(=O)/C=C/c1nc(/C=C/C(=O)c2ccccc2)ccc1O. The number of ketones is 1. The van der Waals surface area contributed by atoms with Crippen molar-refractivity contribution in [2.24, 2.45) is 0 Å². The number of esters is 1. The zero-order valence-electron chi connectivity index (χ0n) is 12.5. The molecular weight excluding hydrogens is 294 g/mol. The molecule has 0 saturated heterocycles. The monoisotopic (exact) mass is 309 g/mol. The largest absolute Gasteiger partial charge is 0.506 e. The summed E-state index contributed by atoms with van der Waals surface area (Å²) in [6.45, 7) is 0. The van der Waals surface area contributed by atoms with Gasteiger partial charge in [-0.15, -0.1) is 0 Å². The van der Waals surface area contributed by atoms with Crippen LogP contribution in [0.15, 0.2) is 54.6 Å². The average molecular weight is 309 g/mol. The maximum Gasteiger partial charge on any atom is 0.330 e. The molecule has 0 fully saturated rings. The molecule has 1 aromatic carbocycles. The third-order valence-corrected chi connectivity index (χ3v) is 2.97. The number of ether oxygens (including phenoxy) is 1. The van der Waals surface area contributed by atoms with Crippen molar-refractivity contribution in [3.05, 3.63) is 71.6 Å². The maximum absolute atomic E-state index is 12.0. The zero-order chi connectivity index (χ0) is 16.7. The highest BCUT2D eigenvalue weighted by Gasteiger charge is 2.03. The molecule has 2 rings (SSSR count). The van der Waals surface area contributed by atoms with Crippen molar-refractivity contribution in [3.63, 3.8) is 0 Å².